The summed E-state index contributed by atoms with van der Waals surface area (Å²) in [7, 11) is -7.21. The number of aryl methyl sites for hydroxylation is 1. The molecular weight excluding hydrogens is 530 g/mol. The van der Waals surface area contributed by atoms with Crippen molar-refractivity contribution in [2.45, 2.75) is 94.1 Å². The van der Waals surface area contributed by atoms with E-state index in [9.17, 15) is 16.8 Å². The molecule has 2 aliphatic carbocycles. The molecule has 0 amide bonds. The molecule has 0 atom stereocenters. The van der Waals surface area contributed by atoms with E-state index in [0.717, 1.165) is 57.3 Å². The zero-order valence-corrected chi connectivity index (χ0v) is 25.5. The van der Waals surface area contributed by atoms with E-state index < -0.39 is 20.0 Å². The predicted molar refractivity (Wildman–Crippen MR) is 159 cm³/mol. The largest absolute Gasteiger partial charge is 0.303 e. The summed E-state index contributed by atoms with van der Waals surface area (Å²) in [4.78, 5) is 2.74. The summed E-state index contributed by atoms with van der Waals surface area (Å²) >= 11 is 0. The van der Waals surface area contributed by atoms with Crippen LogP contribution in [0.1, 0.15) is 82.6 Å². The van der Waals surface area contributed by atoms with Gasteiger partial charge in [-0.3, -0.25) is 0 Å². The van der Waals surface area contributed by atoms with Gasteiger partial charge in [0, 0.05) is 32.7 Å². The van der Waals surface area contributed by atoms with Crippen molar-refractivity contribution in [3.8, 4) is 0 Å². The van der Waals surface area contributed by atoms with Gasteiger partial charge < -0.3 is 4.90 Å². The van der Waals surface area contributed by atoms with E-state index in [1.54, 1.807) is 16.4 Å². The van der Waals surface area contributed by atoms with Gasteiger partial charge >= 0.3 is 0 Å². The Labute approximate surface area is 237 Å². The van der Waals surface area contributed by atoms with E-state index in [4.69, 9.17) is 0 Å². The number of hydrogen-bond donors (Lipinski definition) is 0. The lowest BCUT2D eigenvalue weighted by Crippen LogP contribution is -2.45. The van der Waals surface area contributed by atoms with Crippen LogP contribution in [0.3, 0.4) is 0 Å². The molecule has 0 spiro atoms. The van der Waals surface area contributed by atoms with Gasteiger partial charge in [-0.15, -0.1) is 0 Å². The molecule has 3 aliphatic rings. The van der Waals surface area contributed by atoms with Gasteiger partial charge in [0.05, 0.1) is 10.1 Å². The van der Waals surface area contributed by atoms with Crippen molar-refractivity contribution in [1.29, 1.82) is 0 Å². The Morgan fingerprint density at radius 1 is 0.718 bits per heavy atom. The molecule has 0 aromatic heterocycles. The molecule has 39 heavy (non-hydrogen) atoms. The standard InChI is InChI=1S/C30H49N3O4S2/c1-26-15-17-30(18-16-26)39(36,37)33-22-10-20-31(25-28-11-5-3-6-12-28)19-9-21-32(23-27(2)24-33)38(34,35)29-13-7-4-8-14-29/h15-18,28-29H,2-14,19-25H2,1H3. The second-order valence-electron chi connectivity index (χ2n) is 12.1. The molecule has 2 saturated carbocycles. The normalized spacial score (nSPS) is 23.8. The van der Waals surface area contributed by atoms with E-state index in [1.807, 2.05) is 19.1 Å². The van der Waals surface area contributed by atoms with Crippen LogP contribution in [-0.2, 0) is 20.0 Å². The predicted octanol–water partition coefficient (Wildman–Crippen LogP) is 5.18. The maximum Gasteiger partial charge on any atom is 0.243 e. The van der Waals surface area contributed by atoms with Gasteiger partial charge in [0.25, 0.3) is 0 Å². The molecule has 7 nitrogen and oxygen atoms in total. The first-order chi connectivity index (χ1) is 18.7. The summed E-state index contributed by atoms with van der Waals surface area (Å²) in [5.41, 5.74) is 1.64. The molecule has 1 saturated heterocycles. The summed E-state index contributed by atoms with van der Waals surface area (Å²) in [5, 5.41) is -0.335. The lowest BCUT2D eigenvalue weighted by atomic mass is 9.89. The molecule has 0 bridgehead atoms. The highest BCUT2D eigenvalue weighted by Crippen LogP contribution is 2.28. The molecule has 1 aromatic carbocycles. The number of hydrogen-bond acceptors (Lipinski definition) is 5. The Morgan fingerprint density at radius 3 is 1.87 bits per heavy atom. The van der Waals surface area contributed by atoms with Gasteiger partial charge in [0.2, 0.25) is 20.0 Å². The molecule has 9 heteroatoms. The molecule has 1 aliphatic heterocycles. The highest BCUT2D eigenvalue weighted by atomic mass is 32.2. The van der Waals surface area contributed by atoms with Crippen LogP contribution in [0.25, 0.3) is 0 Å². The van der Waals surface area contributed by atoms with Crippen LogP contribution in [0.4, 0.5) is 0 Å². The zero-order chi connectivity index (χ0) is 27.9. The fraction of sp³-hybridized carbons (Fsp3) is 0.733. The maximum atomic E-state index is 13.8. The third kappa shape index (κ3) is 8.38. The Bertz CT molecular complexity index is 1140. The molecule has 3 fully saturated rings. The molecule has 0 N–H and O–H groups in total. The van der Waals surface area contributed by atoms with Crippen molar-refractivity contribution in [3.05, 3.63) is 42.0 Å². The van der Waals surface area contributed by atoms with Crippen molar-refractivity contribution in [3.63, 3.8) is 0 Å². The van der Waals surface area contributed by atoms with E-state index in [-0.39, 0.29) is 23.2 Å². The molecule has 1 heterocycles. The van der Waals surface area contributed by atoms with E-state index in [1.165, 1.54) is 36.4 Å². The molecule has 1 aromatic rings. The molecular formula is C30H49N3O4S2. The summed E-state index contributed by atoms with van der Waals surface area (Å²) in [6, 6.07) is 6.97. The van der Waals surface area contributed by atoms with Gasteiger partial charge in [-0.1, -0.05) is 62.8 Å². The van der Waals surface area contributed by atoms with Crippen molar-refractivity contribution in [2.24, 2.45) is 5.92 Å². The highest BCUT2D eigenvalue weighted by molar-refractivity contribution is 7.89. The fourth-order valence-electron chi connectivity index (χ4n) is 6.53. The SMILES string of the molecule is C=C1CN(S(=O)(=O)c2ccc(C)cc2)CCCN(CC2CCCCC2)CCCN(S(=O)(=O)C2CCCCC2)C1. The molecule has 220 valence electrons. The third-order valence-corrected chi connectivity index (χ3v) is 13.0. The van der Waals surface area contributed by atoms with Crippen LogP contribution in [0, 0.1) is 12.8 Å². The Kier molecular flexibility index (Phi) is 11.1. The lowest BCUT2D eigenvalue weighted by molar-refractivity contribution is 0.188. The van der Waals surface area contributed by atoms with Gasteiger partial charge in [-0.25, -0.2) is 16.8 Å². The summed E-state index contributed by atoms with van der Waals surface area (Å²) in [6.45, 7) is 9.98. The first-order valence-corrected chi connectivity index (χ1v) is 18.1. The second kappa shape index (κ2) is 14.1. The number of sulfonamides is 2. The lowest BCUT2D eigenvalue weighted by Gasteiger charge is -2.34. The van der Waals surface area contributed by atoms with Crippen molar-refractivity contribution in [2.75, 3.05) is 45.8 Å². The maximum absolute atomic E-state index is 13.8. The Morgan fingerprint density at radius 2 is 1.26 bits per heavy atom. The summed E-state index contributed by atoms with van der Waals surface area (Å²) in [6.07, 6.45) is 12.4. The summed E-state index contributed by atoms with van der Waals surface area (Å²) < 4.78 is 58.1. The van der Waals surface area contributed by atoms with Crippen LogP contribution >= 0.6 is 0 Å². The molecule has 0 unspecified atom stereocenters. The first kappa shape index (κ1) is 30.7. The van der Waals surface area contributed by atoms with E-state index >= 15 is 0 Å². The van der Waals surface area contributed by atoms with Crippen LogP contribution in [-0.4, -0.2) is 81.4 Å². The van der Waals surface area contributed by atoms with Gasteiger partial charge in [-0.05, 0) is 82.2 Å². The average molecular weight is 580 g/mol. The Balaban J connectivity index is 1.56. The van der Waals surface area contributed by atoms with Crippen molar-refractivity contribution < 1.29 is 16.8 Å². The minimum atomic E-state index is -3.73. The highest BCUT2D eigenvalue weighted by Gasteiger charge is 2.34. The third-order valence-electron chi connectivity index (χ3n) is 8.80. The molecule has 0 radical (unpaired) electrons. The summed E-state index contributed by atoms with van der Waals surface area (Å²) in [5.74, 6) is 0.681. The van der Waals surface area contributed by atoms with Gasteiger partial charge in [-0.2, -0.15) is 8.61 Å². The monoisotopic (exact) mass is 579 g/mol. The van der Waals surface area contributed by atoms with Crippen molar-refractivity contribution in [1.82, 2.24) is 13.5 Å². The zero-order valence-electron chi connectivity index (χ0n) is 23.9. The smallest absolute Gasteiger partial charge is 0.243 e. The van der Waals surface area contributed by atoms with Crippen LogP contribution in [0.2, 0.25) is 0 Å². The number of benzene rings is 1. The van der Waals surface area contributed by atoms with Crippen LogP contribution < -0.4 is 0 Å². The topological polar surface area (TPSA) is 78.0 Å². The number of nitrogens with zero attached hydrogens (tertiary/aromatic N) is 3. The minimum Gasteiger partial charge on any atom is -0.303 e. The Hall–Kier alpha value is -1.26. The fourth-order valence-corrected chi connectivity index (χ4v) is 10.1. The number of rotatable bonds is 6. The van der Waals surface area contributed by atoms with Gasteiger partial charge in [0.1, 0.15) is 0 Å². The van der Waals surface area contributed by atoms with Gasteiger partial charge in [0.15, 0.2) is 0 Å². The average Bonchev–Trinajstić information content (AvgIpc) is 2.92. The van der Waals surface area contributed by atoms with Crippen molar-refractivity contribution >= 4 is 20.0 Å². The minimum absolute atomic E-state index is 0.134. The van der Waals surface area contributed by atoms with E-state index in [0.29, 0.717) is 37.4 Å². The molecule has 4 rings (SSSR count). The first-order valence-electron chi connectivity index (χ1n) is 15.1. The van der Waals surface area contributed by atoms with Crippen LogP contribution in [0.5, 0.6) is 0 Å². The second-order valence-corrected chi connectivity index (χ2v) is 16.2. The van der Waals surface area contributed by atoms with Crippen LogP contribution in [0.15, 0.2) is 41.3 Å². The van der Waals surface area contributed by atoms with E-state index in [2.05, 4.69) is 11.5 Å². The quantitative estimate of drug-likeness (QED) is 0.434.